The Hall–Kier alpha value is -1.90. The van der Waals surface area contributed by atoms with E-state index in [2.05, 4.69) is 17.2 Å². The van der Waals surface area contributed by atoms with Gasteiger partial charge in [-0.25, -0.2) is 4.39 Å². The molecule has 5 heteroatoms. The number of benzene rings is 1. The molecule has 1 aromatic carbocycles. The van der Waals surface area contributed by atoms with Crippen LogP contribution in [0.2, 0.25) is 0 Å². The minimum Gasteiger partial charge on any atom is -0.380 e. The topological polar surface area (TPSA) is 64.3 Å². The van der Waals surface area contributed by atoms with Crippen LogP contribution in [-0.2, 0) is 4.74 Å². The van der Waals surface area contributed by atoms with Crippen LogP contribution in [0.15, 0.2) is 18.2 Å². The summed E-state index contributed by atoms with van der Waals surface area (Å²) in [6, 6.07) is 3.74. The van der Waals surface area contributed by atoms with Gasteiger partial charge in [-0.3, -0.25) is 4.79 Å². The average molecular weight is 278 g/mol. The fourth-order valence-electron chi connectivity index (χ4n) is 1.60. The molecule has 0 aromatic heterocycles. The highest BCUT2D eigenvalue weighted by Crippen LogP contribution is 2.10. The molecule has 0 spiro atoms. The van der Waals surface area contributed by atoms with Crippen LogP contribution in [0, 0.1) is 17.7 Å². The molecule has 1 rings (SSSR count). The van der Waals surface area contributed by atoms with E-state index in [0.717, 1.165) is 0 Å². The van der Waals surface area contributed by atoms with Crippen LogP contribution in [0.5, 0.6) is 0 Å². The van der Waals surface area contributed by atoms with Crippen LogP contribution in [0.3, 0.4) is 0 Å². The van der Waals surface area contributed by atoms with Crippen molar-refractivity contribution in [2.45, 2.75) is 19.9 Å². The van der Waals surface area contributed by atoms with Crippen molar-refractivity contribution in [2.24, 2.45) is 5.73 Å². The molecule has 108 valence electrons. The Labute approximate surface area is 118 Å². The molecule has 0 saturated heterocycles. The molecule has 1 atom stereocenters. The maximum Gasteiger partial charge on any atom is 0.252 e. The highest BCUT2D eigenvalue weighted by Gasteiger charge is 2.14. The van der Waals surface area contributed by atoms with E-state index in [4.69, 9.17) is 10.5 Å². The number of carbonyl (C=O) groups is 1. The first-order chi connectivity index (χ1) is 9.58. The van der Waals surface area contributed by atoms with Gasteiger partial charge in [-0.05, 0) is 32.0 Å². The summed E-state index contributed by atoms with van der Waals surface area (Å²) >= 11 is 0. The Bertz CT molecular complexity index is 520. The van der Waals surface area contributed by atoms with Gasteiger partial charge in [-0.2, -0.15) is 0 Å². The first kappa shape index (κ1) is 16.2. The number of halogens is 1. The predicted molar refractivity (Wildman–Crippen MR) is 75.8 cm³/mol. The molecule has 0 saturated carbocycles. The summed E-state index contributed by atoms with van der Waals surface area (Å²) in [5.41, 5.74) is 5.96. The average Bonchev–Trinajstić information content (AvgIpc) is 2.43. The van der Waals surface area contributed by atoms with Crippen molar-refractivity contribution in [3.8, 4) is 11.8 Å². The SMILES string of the molecule is CCOCC(C)NC(=O)c1cc(F)ccc1C#CCN. The van der Waals surface area contributed by atoms with E-state index in [0.29, 0.717) is 18.8 Å². The smallest absolute Gasteiger partial charge is 0.252 e. The summed E-state index contributed by atoms with van der Waals surface area (Å²) in [5.74, 6) is 4.56. The maximum atomic E-state index is 13.3. The third-order valence-corrected chi connectivity index (χ3v) is 2.50. The van der Waals surface area contributed by atoms with Crippen molar-refractivity contribution >= 4 is 5.91 Å². The van der Waals surface area contributed by atoms with Crippen LogP contribution >= 0.6 is 0 Å². The van der Waals surface area contributed by atoms with Gasteiger partial charge in [0.25, 0.3) is 5.91 Å². The molecule has 0 fully saturated rings. The monoisotopic (exact) mass is 278 g/mol. The number of nitrogens with one attached hydrogen (secondary N) is 1. The lowest BCUT2D eigenvalue weighted by molar-refractivity contribution is 0.0871. The molecule has 1 aromatic rings. The largest absolute Gasteiger partial charge is 0.380 e. The first-order valence-electron chi connectivity index (χ1n) is 6.45. The summed E-state index contributed by atoms with van der Waals surface area (Å²) in [6.45, 7) is 4.85. The van der Waals surface area contributed by atoms with E-state index in [9.17, 15) is 9.18 Å². The highest BCUT2D eigenvalue weighted by molar-refractivity contribution is 5.96. The molecule has 0 heterocycles. The van der Waals surface area contributed by atoms with Gasteiger partial charge in [-0.1, -0.05) is 11.8 Å². The molecule has 0 aliphatic heterocycles. The van der Waals surface area contributed by atoms with Crippen LogP contribution < -0.4 is 11.1 Å². The second kappa shape index (κ2) is 8.31. The Balaban J connectivity index is 2.88. The third kappa shape index (κ3) is 5.00. The van der Waals surface area contributed by atoms with Gasteiger partial charge in [0.1, 0.15) is 5.82 Å². The van der Waals surface area contributed by atoms with E-state index >= 15 is 0 Å². The predicted octanol–water partition coefficient (Wildman–Crippen LogP) is 1.29. The third-order valence-electron chi connectivity index (χ3n) is 2.50. The molecule has 20 heavy (non-hydrogen) atoms. The summed E-state index contributed by atoms with van der Waals surface area (Å²) in [4.78, 5) is 12.1. The molecule has 0 bridgehead atoms. The normalized spacial score (nSPS) is 11.4. The van der Waals surface area contributed by atoms with Crippen molar-refractivity contribution in [2.75, 3.05) is 19.8 Å². The number of amides is 1. The summed E-state index contributed by atoms with van der Waals surface area (Å²) in [7, 11) is 0. The van der Waals surface area contributed by atoms with Crippen molar-refractivity contribution < 1.29 is 13.9 Å². The highest BCUT2D eigenvalue weighted by atomic mass is 19.1. The van der Waals surface area contributed by atoms with E-state index in [1.165, 1.54) is 18.2 Å². The maximum absolute atomic E-state index is 13.3. The summed E-state index contributed by atoms with van der Waals surface area (Å²) in [6.07, 6.45) is 0. The molecule has 0 aliphatic carbocycles. The molecule has 1 unspecified atom stereocenters. The second-order valence-corrected chi connectivity index (χ2v) is 4.23. The van der Waals surface area contributed by atoms with Gasteiger partial charge in [0.05, 0.1) is 18.7 Å². The van der Waals surface area contributed by atoms with Gasteiger partial charge in [0.15, 0.2) is 0 Å². The van der Waals surface area contributed by atoms with Crippen molar-refractivity contribution in [1.29, 1.82) is 0 Å². The van der Waals surface area contributed by atoms with Gasteiger partial charge in [-0.15, -0.1) is 0 Å². The standard InChI is InChI=1S/C15H19FN2O2/c1-3-20-10-11(2)18-15(19)14-9-13(16)7-6-12(14)5-4-8-17/h6-7,9,11H,3,8,10,17H2,1-2H3,(H,18,19). The lowest BCUT2D eigenvalue weighted by atomic mass is 10.1. The second-order valence-electron chi connectivity index (χ2n) is 4.23. The Morgan fingerprint density at radius 1 is 1.55 bits per heavy atom. The van der Waals surface area contributed by atoms with Gasteiger partial charge in [0.2, 0.25) is 0 Å². The fourth-order valence-corrected chi connectivity index (χ4v) is 1.60. The number of rotatable bonds is 5. The molecule has 0 aliphatic rings. The lowest BCUT2D eigenvalue weighted by Gasteiger charge is -2.14. The molecular formula is C15H19FN2O2. The Morgan fingerprint density at radius 3 is 2.95 bits per heavy atom. The molecule has 0 radical (unpaired) electrons. The zero-order valence-electron chi connectivity index (χ0n) is 11.7. The zero-order valence-corrected chi connectivity index (χ0v) is 11.7. The molecule has 1 amide bonds. The summed E-state index contributed by atoms with van der Waals surface area (Å²) in [5, 5.41) is 2.75. The van der Waals surface area contributed by atoms with Crippen LogP contribution in [0.1, 0.15) is 29.8 Å². The van der Waals surface area contributed by atoms with Crippen molar-refractivity contribution in [3.05, 3.63) is 35.1 Å². The van der Waals surface area contributed by atoms with Crippen molar-refractivity contribution in [3.63, 3.8) is 0 Å². The lowest BCUT2D eigenvalue weighted by Crippen LogP contribution is -2.36. The quantitative estimate of drug-likeness (QED) is 0.798. The van der Waals surface area contributed by atoms with Crippen molar-refractivity contribution in [1.82, 2.24) is 5.32 Å². The summed E-state index contributed by atoms with van der Waals surface area (Å²) < 4.78 is 18.5. The number of hydrogen-bond donors (Lipinski definition) is 2. The fraction of sp³-hybridized carbons (Fsp3) is 0.400. The molecule has 4 nitrogen and oxygen atoms in total. The number of hydrogen-bond acceptors (Lipinski definition) is 3. The Morgan fingerprint density at radius 2 is 2.30 bits per heavy atom. The van der Waals surface area contributed by atoms with Crippen LogP contribution in [0.4, 0.5) is 4.39 Å². The molecular weight excluding hydrogens is 259 g/mol. The minimum atomic E-state index is -0.481. The minimum absolute atomic E-state index is 0.166. The van der Waals surface area contributed by atoms with E-state index in [1.54, 1.807) is 0 Å². The number of nitrogens with two attached hydrogens (primary N) is 1. The van der Waals surface area contributed by atoms with Gasteiger partial charge >= 0.3 is 0 Å². The van der Waals surface area contributed by atoms with Gasteiger partial charge < -0.3 is 15.8 Å². The van der Waals surface area contributed by atoms with Gasteiger partial charge in [0, 0.05) is 18.2 Å². The molecule has 3 N–H and O–H groups in total. The van der Waals surface area contributed by atoms with Crippen LogP contribution in [-0.4, -0.2) is 31.7 Å². The van der Waals surface area contributed by atoms with E-state index in [-0.39, 0.29) is 24.1 Å². The van der Waals surface area contributed by atoms with Crippen LogP contribution in [0.25, 0.3) is 0 Å². The number of ether oxygens (including phenoxy) is 1. The Kier molecular flexibility index (Phi) is 6.71. The van der Waals surface area contributed by atoms with E-state index < -0.39 is 5.82 Å². The first-order valence-corrected chi connectivity index (χ1v) is 6.45. The zero-order chi connectivity index (χ0) is 15.0. The number of carbonyl (C=O) groups excluding carboxylic acids is 1. The van der Waals surface area contributed by atoms with E-state index in [1.807, 2.05) is 13.8 Å².